The number of unbranched alkanes of at least 4 members (excludes halogenated alkanes) is 4. The van der Waals surface area contributed by atoms with Crippen LogP contribution in [0.2, 0.25) is 58.4 Å². The molecule has 3 aromatic carbocycles. The molecule has 7 rings (SSSR count). The van der Waals surface area contributed by atoms with E-state index in [1.807, 2.05) is 132 Å². The summed E-state index contributed by atoms with van der Waals surface area (Å²) in [5.41, 5.74) is 6.38. The molecule has 0 aliphatic carbocycles. The number of benzene rings is 3. The highest BCUT2D eigenvalue weighted by atomic mass is 31.2. The van der Waals surface area contributed by atoms with Crippen LogP contribution in [0.1, 0.15) is 157 Å². The molecule has 0 bridgehead atoms. The van der Waals surface area contributed by atoms with Gasteiger partial charge in [-0.15, -0.1) is 20.4 Å². The van der Waals surface area contributed by atoms with Gasteiger partial charge in [0, 0.05) is 94.4 Å². The molecule has 4 heterocycles. The number of phosphoric acid groups is 4. The van der Waals surface area contributed by atoms with Crippen LogP contribution in [0.25, 0.3) is 0 Å². The van der Waals surface area contributed by atoms with Crippen LogP contribution in [-0.4, -0.2) is 294 Å². The molecule has 53 heteroatoms. The minimum absolute atomic E-state index is 0.0453. The van der Waals surface area contributed by atoms with Crippen molar-refractivity contribution < 1.29 is 152 Å². The van der Waals surface area contributed by atoms with Crippen molar-refractivity contribution >= 4 is 98.2 Å². The van der Waals surface area contributed by atoms with Crippen LogP contribution in [0.5, 0.6) is 0 Å². The number of ketones is 3. The van der Waals surface area contributed by atoms with Gasteiger partial charge in [-0.1, -0.05) is 81.5 Å². The molecule has 0 aliphatic rings. The lowest BCUT2D eigenvalue weighted by molar-refractivity contribution is -0.221. The van der Waals surface area contributed by atoms with Crippen molar-refractivity contribution in [1.29, 1.82) is 0 Å². The number of carbonyl (C=O) groups is 4. The molecular formula is C86H145N13O32P4Si4-4. The first-order chi connectivity index (χ1) is 65.6. The lowest BCUT2D eigenvalue weighted by Crippen LogP contribution is -2.41. The van der Waals surface area contributed by atoms with Crippen molar-refractivity contribution in [2.75, 3.05) is 139 Å². The third-order valence-electron chi connectivity index (χ3n) is 19.7. The highest BCUT2D eigenvalue weighted by Gasteiger charge is 2.24. The van der Waals surface area contributed by atoms with Crippen molar-refractivity contribution in [3.8, 4) is 0 Å². The largest absolute Gasteiger partial charge is 0.756 e. The maximum absolute atomic E-state index is 12.4. The maximum atomic E-state index is 12.4. The van der Waals surface area contributed by atoms with Crippen LogP contribution in [0.15, 0.2) is 97.6 Å². The lowest BCUT2D eigenvalue weighted by Gasteiger charge is -2.15. The van der Waals surface area contributed by atoms with Gasteiger partial charge >= 0.3 is 0 Å². The predicted octanol–water partition coefficient (Wildman–Crippen LogP) is 4.55. The highest BCUT2D eigenvalue weighted by molar-refractivity contribution is 7.45. The van der Waals surface area contributed by atoms with Crippen molar-refractivity contribution in [2.45, 2.75) is 225 Å². The summed E-state index contributed by atoms with van der Waals surface area (Å²) in [4.78, 5) is 165. The first-order valence-corrected chi connectivity index (χ1v) is 64.8. The SMILES string of the molecule is C[Si](C)(O)CCCNC(=O)CCOCCOCCn1cc(CCCCOP(=O)([O-])O)nn1.C[Si](C)(O)Cc1cccc(C(=O)CCCOCCOCCn2cc(CCCCOP(=O)([O-])O)nn2)c1.C[Si](C)(O)c1cccc(C(=O)CCCOCCOCCn2cc(CCCCOP(=O)([O-])O)nn2)c1.C[Si](C)(O)c1cccc(CC(=O)CCCOCCOCCn2cc(CCCCOP(=O)([O-])O)nn2)c1. The number of phosphoric ester groups is 4. The van der Waals surface area contributed by atoms with Gasteiger partial charge in [-0.3, -0.25) is 37.4 Å². The first kappa shape index (κ1) is 125. The van der Waals surface area contributed by atoms with Crippen LogP contribution in [0.3, 0.4) is 0 Å². The van der Waals surface area contributed by atoms with Crippen LogP contribution < -0.4 is 35.3 Å². The molecule has 4 atom stereocenters. The average Bonchev–Trinajstić information content (AvgIpc) is 1.68. The number of hydrogen-bond acceptors (Lipinski definition) is 36. The monoisotopic (exact) mass is 2110 g/mol. The Hall–Kier alpha value is -6.47. The van der Waals surface area contributed by atoms with E-state index in [1.165, 1.54) is 0 Å². The van der Waals surface area contributed by atoms with Crippen LogP contribution in [-0.2, 0) is 148 Å². The molecule has 0 radical (unpaired) electrons. The Balaban J connectivity index is 0.000000387. The molecule has 1 amide bonds. The molecule has 0 aliphatic heterocycles. The number of nitrogens with zero attached hydrogens (tertiary/aromatic N) is 12. The van der Waals surface area contributed by atoms with Gasteiger partial charge in [-0.05, 0) is 201 Å². The number of aromatic nitrogens is 12. The minimum atomic E-state index is -4.65. The van der Waals surface area contributed by atoms with Crippen molar-refractivity contribution in [3.63, 3.8) is 0 Å². The van der Waals surface area contributed by atoms with Crippen molar-refractivity contribution in [1.82, 2.24) is 65.3 Å². The number of ether oxygens (including phenoxy) is 8. The molecule has 786 valence electrons. The Kier molecular flexibility index (Phi) is 61.7. The normalized spacial score (nSPS) is 13.6. The summed E-state index contributed by atoms with van der Waals surface area (Å²) in [6, 6.07) is 23.8. The molecule has 9 N–H and O–H groups in total. The van der Waals surface area contributed by atoms with Gasteiger partial charge in [-0.25, -0.2) is 18.7 Å². The van der Waals surface area contributed by atoms with E-state index in [9.17, 15) is 76.2 Å². The standard InChI is InChI=1S/2C23H38N3O8PSi.C22H36N3O8PSi.C18H37N4O8PSi/c1-36(2,31)19-20-7-5-8-21(17-20)23(27)10-6-12-32-15-16-33-14-11-26-18-22(24-25-26)9-3-4-13-34-35(28,29)30;1-36(2,31)23-10-5-7-20(18-23)17-22(27)9-6-12-32-15-16-33-14-11-26-19-21(24-25-26)8-3-4-13-34-35(28,29)30;1-35(2,30)21-9-5-7-19(17-21)22(26)10-6-12-31-15-16-32-14-11-25-18-20(23-24-25)8-3-4-13-33-34(27,28)29;1-32(2,27)15-5-8-19-18(23)7-11-28-13-14-29-12-9-22-16-17(20-21-22)6-3-4-10-30-31(24,25)26/h5,7-8,17-18,31H,3-4,6,9-16,19H2,1-2H3,(H2,28,29,30);5,7,10,18-19,31H,3-4,6,8-9,11-17H2,1-2H3,(H2,28,29,30);5,7,9,17-18,30H,3-4,6,8,10-16H2,1-2H3,(H2,27,28,29);16,27H,3-15H2,1-2H3,(H,19,23)(H2,24,25,26)/p-4. The van der Waals surface area contributed by atoms with E-state index in [-0.39, 0.29) is 49.7 Å². The number of amides is 1. The lowest BCUT2D eigenvalue weighted by atomic mass is 10.0. The second-order valence-electron chi connectivity index (χ2n) is 34.8. The van der Waals surface area contributed by atoms with Gasteiger partial charge in [0.1, 0.15) is 5.78 Å². The second kappa shape index (κ2) is 68.8. The van der Waals surface area contributed by atoms with E-state index >= 15 is 0 Å². The Morgan fingerprint density at radius 3 is 1.01 bits per heavy atom. The molecule has 0 saturated heterocycles. The molecule has 0 fully saturated rings. The zero-order valence-electron chi connectivity index (χ0n) is 81.2. The summed E-state index contributed by atoms with van der Waals surface area (Å²) >= 11 is 0. The molecule has 7 aromatic rings. The third-order valence-corrected chi connectivity index (χ3v) is 28.1. The fourth-order valence-corrected chi connectivity index (χ4v) is 18.4. The zero-order valence-corrected chi connectivity index (χ0v) is 88.8. The van der Waals surface area contributed by atoms with Crippen molar-refractivity contribution in [3.05, 3.63) is 143 Å². The summed E-state index contributed by atoms with van der Waals surface area (Å²) < 4.78 is 110. The van der Waals surface area contributed by atoms with E-state index in [1.54, 1.807) is 37.1 Å². The predicted molar refractivity (Wildman–Crippen MR) is 515 cm³/mol. The summed E-state index contributed by atoms with van der Waals surface area (Å²) in [5.74, 6) is 0.219. The van der Waals surface area contributed by atoms with Crippen LogP contribution in [0, 0.1) is 0 Å². The minimum Gasteiger partial charge on any atom is -0.756 e. The zero-order chi connectivity index (χ0) is 102. The van der Waals surface area contributed by atoms with E-state index < -0.39 is 64.6 Å². The van der Waals surface area contributed by atoms with E-state index in [2.05, 4.69) is 64.7 Å². The average molecular weight is 2110 g/mol. The maximum Gasteiger partial charge on any atom is 0.265 e. The third kappa shape index (κ3) is 68.5. The van der Waals surface area contributed by atoms with Gasteiger partial charge < -0.3 is 120 Å². The van der Waals surface area contributed by atoms with Gasteiger partial charge in [0.15, 0.2) is 28.2 Å². The van der Waals surface area contributed by atoms with Crippen molar-refractivity contribution in [2.24, 2.45) is 0 Å². The van der Waals surface area contributed by atoms with Gasteiger partial charge in [0.05, 0.1) is 161 Å². The Labute approximate surface area is 817 Å². The number of rotatable bonds is 75. The van der Waals surface area contributed by atoms with E-state index in [4.69, 9.17) is 57.5 Å². The topological polar surface area (TPSA) is 636 Å². The van der Waals surface area contributed by atoms with Gasteiger partial charge in [0.25, 0.3) is 31.3 Å². The number of Topliss-reactive ketones (excluding diaryl/α,β-unsaturated/α-hetero) is 3. The first-order valence-electron chi connectivity index (χ1n) is 46.6. The van der Waals surface area contributed by atoms with Gasteiger partial charge in [-0.2, -0.15) is 0 Å². The summed E-state index contributed by atoms with van der Waals surface area (Å²) in [5, 5.41) is 36.9. The molecular weight excluding hydrogens is 1960 g/mol. The van der Waals surface area contributed by atoms with E-state index in [0.29, 0.717) is 284 Å². The Morgan fingerprint density at radius 2 is 0.669 bits per heavy atom. The molecule has 0 saturated carbocycles. The number of carbonyl (C=O) groups excluding carboxylic acids is 4. The summed E-state index contributed by atoms with van der Waals surface area (Å²) in [6.45, 7) is 24.4. The molecule has 4 unspecified atom stereocenters. The number of aryl methyl sites for hydroxylation is 4. The fraction of sp³-hybridized carbons (Fsp3) is 0.651. The molecule has 4 aromatic heterocycles. The second-order valence-corrected chi connectivity index (χ2v) is 55.1. The highest BCUT2D eigenvalue weighted by Crippen LogP contribution is 2.33. The van der Waals surface area contributed by atoms with Gasteiger partial charge in [0.2, 0.25) is 22.5 Å². The fourth-order valence-electron chi connectivity index (χ4n) is 12.7. The number of nitrogens with one attached hydrogen (secondary N) is 1. The van der Waals surface area contributed by atoms with E-state index in [0.717, 1.165) is 56.7 Å². The number of hydrogen-bond donors (Lipinski definition) is 9. The van der Waals surface area contributed by atoms with Crippen LogP contribution >= 0.6 is 31.3 Å². The quantitative estimate of drug-likeness (QED) is 0.0109. The summed E-state index contributed by atoms with van der Waals surface area (Å²) in [7, 11) is -27.6. The smallest absolute Gasteiger partial charge is 0.265 e. The molecule has 0 spiro atoms. The van der Waals surface area contributed by atoms with Crippen LogP contribution in [0.4, 0.5) is 0 Å². The molecule has 45 nitrogen and oxygen atoms in total. The molecule has 139 heavy (non-hydrogen) atoms. The Morgan fingerprint density at radius 1 is 0.353 bits per heavy atom. The Bertz CT molecular complexity index is 4770. The summed E-state index contributed by atoms with van der Waals surface area (Å²) in [6.07, 6.45) is 18.9.